The van der Waals surface area contributed by atoms with E-state index in [2.05, 4.69) is 47.8 Å². The van der Waals surface area contributed by atoms with Crippen molar-refractivity contribution >= 4 is 80.8 Å². The lowest BCUT2D eigenvalue weighted by Gasteiger charge is -2.31. The number of nitrogens with zero attached hydrogens (tertiary/aromatic N) is 5. The molecular formula is C79H95N13O12. The SMILES string of the molecule is C#Cc1ccc(CCNC(=O)C2CCCN2C(=O)[C@H](Cc2ccc(O)cc2)NC(=O)[C@@]2(NC(=O)C(CC(=O)C(NC(=O)C(NC(=O)CNC(=O)CN(C)C(=O)CCCCCN)C3CC3c3c[nH]c4ccc(C)cc34)[C@H](C)Cc3cn(C)c4cc(C)ccc34)[C@@H]3CC3C(=O)O)C[C@H]2c2cncn2C)cc1. The first-order valence-corrected chi connectivity index (χ1v) is 36.0. The van der Waals surface area contributed by atoms with Crippen LogP contribution in [0.4, 0.5) is 0 Å². The molecule has 0 bridgehead atoms. The Morgan fingerprint density at radius 2 is 1.57 bits per heavy atom. The minimum Gasteiger partial charge on any atom is -0.508 e. The molecule has 8 amide bonds. The number of fused-ring (bicyclic) bond motifs is 2. The summed E-state index contributed by atoms with van der Waals surface area (Å²) in [6, 6.07) is 20.7. The van der Waals surface area contributed by atoms with E-state index in [-0.39, 0.29) is 75.2 Å². The lowest BCUT2D eigenvalue weighted by atomic mass is 9.85. The number of aliphatic carboxylic acids is 1. The summed E-state index contributed by atoms with van der Waals surface area (Å²) in [5.41, 5.74) is 12.2. The van der Waals surface area contributed by atoms with E-state index in [4.69, 9.17) is 12.2 Å². The minimum atomic E-state index is -1.80. The normalized spacial score (nSPS) is 20.8. The number of carbonyl (C=O) groups is 10. The Bertz CT molecular complexity index is 4440. The second-order valence-electron chi connectivity index (χ2n) is 29.2. The molecule has 4 aromatic carbocycles. The number of likely N-dealkylation sites (N-methyl/N-ethyl adjacent to an activating group) is 1. The van der Waals surface area contributed by atoms with E-state index in [0.29, 0.717) is 49.9 Å². The topological polar surface area (TPSA) is 354 Å². The molecule has 104 heavy (non-hydrogen) atoms. The number of phenols is 1. The van der Waals surface area contributed by atoms with Gasteiger partial charge in [-0.1, -0.05) is 67.3 Å². The predicted octanol–water partition coefficient (Wildman–Crippen LogP) is 5.16. The van der Waals surface area contributed by atoms with Gasteiger partial charge in [-0.15, -0.1) is 6.42 Å². The highest BCUT2D eigenvalue weighted by atomic mass is 16.4. The number of hydrogen-bond acceptors (Lipinski definition) is 13. The van der Waals surface area contributed by atoms with Gasteiger partial charge >= 0.3 is 5.97 Å². The van der Waals surface area contributed by atoms with Crippen molar-refractivity contribution in [3.8, 4) is 18.1 Å². The van der Waals surface area contributed by atoms with Crippen LogP contribution in [0, 0.1) is 55.8 Å². The Kier molecular flexibility index (Phi) is 23.2. The van der Waals surface area contributed by atoms with E-state index in [9.17, 15) is 34.2 Å². The summed E-state index contributed by atoms with van der Waals surface area (Å²) in [4.78, 5) is 156. The third kappa shape index (κ3) is 17.4. The van der Waals surface area contributed by atoms with Gasteiger partial charge < -0.3 is 71.8 Å². The van der Waals surface area contributed by atoms with Crippen molar-refractivity contribution in [1.82, 2.24) is 60.8 Å². The van der Waals surface area contributed by atoms with Crippen LogP contribution in [0.15, 0.2) is 110 Å². The van der Waals surface area contributed by atoms with Crippen LogP contribution in [-0.4, -0.2) is 168 Å². The van der Waals surface area contributed by atoms with Crippen LogP contribution in [0.3, 0.4) is 0 Å². The summed E-state index contributed by atoms with van der Waals surface area (Å²) in [6.45, 7) is 5.88. The number of phenolic OH excluding ortho intramolecular Hbond substituents is 1. The zero-order valence-electron chi connectivity index (χ0n) is 59.8. The quantitative estimate of drug-likeness (QED) is 0.0184. The number of carboxylic acid groups (broad SMARTS) is 1. The first kappa shape index (κ1) is 74.6. The average Bonchev–Trinajstić information content (AvgIpc) is 1.57. The van der Waals surface area contributed by atoms with Crippen molar-refractivity contribution in [1.29, 1.82) is 0 Å². The number of Topliss-reactive ketones (excluding diaryl/α,β-unsaturated/α-hetero) is 1. The van der Waals surface area contributed by atoms with Gasteiger partial charge in [-0.05, 0) is 172 Å². The molecule has 0 spiro atoms. The highest BCUT2D eigenvalue weighted by Gasteiger charge is 2.65. The maximum Gasteiger partial charge on any atom is 0.306 e. The van der Waals surface area contributed by atoms with Gasteiger partial charge in [0.25, 0.3) is 0 Å². The molecular weight excluding hydrogens is 1320 g/mol. The zero-order valence-corrected chi connectivity index (χ0v) is 59.8. The number of hydrogen-bond donors (Lipinski definition) is 10. The van der Waals surface area contributed by atoms with Gasteiger partial charge in [0.2, 0.25) is 47.3 Å². The molecule has 4 aliphatic rings. The van der Waals surface area contributed by atoms with Crippen molar-refractivity contribution in [2.45, 2.75) is 146 Å². The van der Waals surface area contributed by atoms with Crippen LogP contribution < -0.4 is 37.6 Å². The number of carboxylic acids is 1. The number of aryl methyl sites for hydroxylation is 4. The Hall–Kier alpha value is -10.6. The predicted molar refractivity (Wildman–Crippen MR) is 390 cm³/mol. The average molecular weight is 1420 g/mol. The number of aromatic hydroxyl groups is 1. The van der Waals surface area contributed by atoms with Crippen LogP contribution in [0.5, 0.6) is 5.75 Å². The molecule has 3 aliphatic carbocycles. The van der Waals surface area contributed by atoms with Crippen LogP contribution in [-0.2, 0) is 81.3 Å². The van der Waals surface area contributed by atoms with E-state index in [1.54, 1.807) is 43.2 Å². The molecule has 1 aliphatic heterocycles. The number of carbonyl (C=O) groups excluding carboxylic acids is 9. The van der Waals surface area contributed by atoms with Gasteiger partial charge in [0, 0.05) is 117 Å². The maximum absolute atomic E-state index is 15.9. The summed E-state index contributed by atoms with van der Waals surface area (Å²) in [6.07, 6.45) is 16.2. The number of aromatic nitrogens is 4. The number of imidazole rings is 1. The number of likely N-dealkylation sites (tertiary alicyclic amines) is 1. The highest BCUT2D eigenvalue weighted by Crippen LogP contribution is 2.54. The van der Waals surface area contributed by atoms with Gasteiger partial charge in [-0.25, -0.2) is 4.98 Å². The summed E-state index contributed by atoms with van der Waals surface area (Å²) in [7, 11) is 5.14. The fourth-order valence-electron chi connectivity index (χ4n) is 15.3. The van der Waals surface area contributed by atoms with E-state index in [1.807, 2.05) is 98.5 Å². The molecule has 12 atom stereocenters. The zero-order chi connectivity index (χ0) is 74.3. The number of nitrogens with two attached hydrogens (primary N) is 1. The molecule has 11 N–H and O–H groups in total. The Labute approximate surface area is 604 Å². The van der Waals surface area contributed by atoms with E-state index >= 15 is 24.0 Å². The maximum atomic E-state index is 15.9. The van der Waals surface area contributed by atoms with Crippen molar-refractivity contribution in [3.63, 3.8) is 0 Å². The number of aromatic amines is 1. The second-order valence-corrected chi connectivity index (χ2v) is 29.2. The summed E-state index contributed by atoms with van der Waals surface area (Å²) in [5.74, 6) is -9.54. The monoisotopic (exact) mass is 1420 g/mol. The fourth-order valence-corrected chi connectivity index (χ4v) is 15.3. The van der Waals surface area contributed by atoms with Crippen LogP contribution in [0.1, 0.15) is 128 Å². The summed E-state index contributed by atoms with van der Waals surface area (Å²) < 4.78 is 3.68. The number of terminal acetylenes is 1. The molecule has 4 fully saturated rings. The van der Waals surface area contributed by atoms with Crippen molar-refractivity contribution < 1.29 is 58.2 Å². The molecule has 3 saturated carbocycles. The number of nitrogens with one attached hydrogen (secondary N) is 7. The Morgan fingerprint density at radius 1 is 0.827 bits per heavy atom. The number of H-pyrrole nitrogens is 1. The summed E-state index contributed by atoms with van der Waals surface area (Å²) >= 11 is 0. The fraction of sp³-hybridized carbons (Fsp3) is 0.456. The largest absolute Gasteiger partial charge is 0.508 e. The molecule has 1 saturated heterocycles. The minimum absolute atomic E-state index is 0.00218. The molecule has 4 heterocycles. The van der Waals surface area contributed by atoms with Gasteiger partial charge in [-0.3, -0.25) is 47.9 Å². The van der Waals surface area contributed by atoms with Gasteiger partial charge in [0.15, 0.2) is 5.78 Å². The van der Waals surface area contributed by atoms with E-state index in [1.165, 1.54) is 29.0 Å². The number of rotatable bonds is 34. The highest BCUT2D eigenvalue weighted by molar-refractivity contribution is 6.02. The van der Waals surface area contributed by atoms with Crippen molar-refractivity contribution in [2.75, 3.05) is 39.8 Å². The number of unbranched alkanes of at least 4 members (excludes halogenated alkanes) is 2. The standard InChI is InChI=1S/C79H95N13O12/c1-8-48-17-19-49(20-18-48)27-29-82-74(99)64-13-12-30-92(64)76(101)63(34-50-21-23-52(93)24-22-50)85-78(104)79(38-61(79)66-40-81-44-91(66)7)88-73(98)58(55-36-59(55)77(102)103)37-67(94)71(47(4)33-51-42-89(5)65-32-46(3)15-25-53(51)65)87-75(100)72(57-35-54(57)60-39-83-62-26-16-45(2)31-56(60)62)86-68(95)41-84-69(96)43-90(6)70(97)14-10-9-11-28-80/h1,15-26,31-32,39-40,42,44,47,54-55,57-59,61,63-64,71-72,83,93H,9-14,27-30,33-38,41,43,80H2,2-7H3,(H,82,99)(H,84,96)(H,85,104)(H,86,95)(H,87,100)(H,88,98)(H,102,103)/t47-,54?,55+,57?,58?,59?,61+,63+,64?,71?,72?,79-/m1/s1. The van der Waals surface area contributed by atoms with Gasteiger partial charge in [-0.2, -0.15) is 0 Å². The number of ketones is 1. The first-order valence-electron chi connectivity index (χ1n) is 36.0. The Balaban J connectivity index is 0.874. The molecule has 25 heteroatoms. The first-order chi connectivity index (χ1) is 49.8. The lowest BCUT2D eigenvalue weighted by molar-refractivity contribution is -0.142. The van der Waals surface area contributed by atoms with Crippen LogP contribution >= 0.6 is 0 Å². The molecule has 0 radical (unpaired) electrons. The second kappa shape index (κ2) is 32.4. The van der Waals surface area contributed by atoms with E-state index in [0.717, 1.165) is 68.0 Å². The molecule has 548 valence electrons. The number of benzene rings is 4. The molecule has 7 unspecified atom stereocenters. The molecule has 3 aromatic heterocycles. The molecule has 7 aromatic rings. The Morgan fingerprint density at radius 3 is 2.28 bits per heavy atom. The molecule has 11 rings (SSSR count). The van der Waals surface area contributed by atoms with Crippen molar-refractivity contribution in [2.24, 2.45) is 49.4 Å². The lowest BCUT2D eigenvalue weighted by Crippen LogP contribution is -2.59. The van der Waals surface area contributed by atoms with Crippen LogP contribution in [0.25, 0.3) is 21.8 Å². The van der Waals surface area contributed by atoms with Crippen LogP contribution in [0.2, 0.25) is 0 Å². The van der Waals surface area contributed by atoms with Crippen molar-refractivity contribution in [3.05, 3.63) is 154 Å². The van der Waals surface area contributed by atoms with E-state index < -0.39 is 125 Å². The number of amides is 8. The summed E-state index contributed by atoms with van der Waals surface area (Å²) in [5, 5.41) is 40.3. The smallest absolute Gasteiger partial charge is 0.306 e. The third-order valence-corrected chi connectivity index (χ3v) is 21.5. The van der Waals surface area contributed by atoms with Gasteiger partial charge in [0.1, 0.15) is 29.4 Å². The van der Waals surface area contributed by atoms with Gasteiger partial charge in [0.05, 0.1) is 31.4 Å². The third-order valence-electron chi connectivity index (χ3n) is 21.5. The molecule has 25 nitrogen and oxygen atoms in total.